The van der Waals surface area contributed by atoms with Crippen molar-refractivity contribution in [2.45, 2.75) is 51.7 Å². The summed E-state index contributed by atoms with van der Waals surface area (Å²) in [6.07, 6.45) is 3.41. The second-order valence-corrected chi connectivity index (χ2v) is 5.21. The summed E-state index contributed by atoms with van der Waals surface area (Å²) >= 11 is 0. The molecule has 0 aromatic rings. The van der Waals surface area contributed by atoms with Crippen molar-refractivity contribution >= 4 is 11.9 Å². The van der Waals surface area contributed by atoms with Crippen LogP contribution >= 0.6 is 0 Å². The number of carbonyl (C=O) groups excluding carboxylic acids is 1. The van der Waals surface area contributed by atoms with Crippen LogP contribution in [0.15, 0.2) is 0 Å². The molecule has 1 aliphatic carbocycles. The van der Waals surface area contributed by atoms with E-state index < -0.39 is 12.1 Å². The number of likely N-dealkylation sites (N-methyl/N-ethyl adjacent to an activating group) is 1. The van der Waals surface area contributed by atoms with Crippen molar-refractivity contribution in [3.8, 4) is 0 Å². The zero-order chi connectivity index (χ0) is 13.7. The molecule has 1 atom stereocenters. The molecule has 0 spiro atoms. The standard InChI is InChI=1S/C13H23NO4/c1-9-4-6-11(7-5-9)14(3)12(15)8-18-10(2)13(16)17/h9-11H,4-8H2,1-3H3,(H,16,17)/t9?,10-,11?/m0/s1. The minimum Gasteiger partial charge on any atom is -0.479 e. The topological polar surface area (TPSA) is 66.8 Å². The van der Waals surface area contributed by atoms with Crippen molar-refractivity contribution in [2.75, 3.05) is 13.7 Å². The van der Waals surface area contributed by atoms with Gasteiger partial charge in [0.1, 0.15) is 6.61 Å². The summed E-state index contributed by atoms with van der Waals surface area (Å²) in [5, 5.41) is 8.66. The monoisotopic (exact) mass is 257 g/mol. The third-order valence-corrected chi connectivity index (χ3v) is 3.73. The molecule has 0 radical (unpaired) electrons. The predicted molar refractivity (Wildman–Crippen MR) is 67.2 cm³/mol. The normalized spacial score (nSPS) is 25.5. The molecule has 0 aromatic heterocycles. The average Bonchev–Trinajstić information content (AvgIpc) is 2.35. The van der Waals surface area contributed by atoms with E-state index in [-0.39, 0.29) is 18.6 Å². The van der Waals surface area contributed by atoms with Gasteiger partial charge in [-0.3, -0.25) is 4.79 Å². The van der Waals surface area contributed by atoms with E-state index >= 15 is 0 Å². The quantitative estimate of drug-likeness (QED) is 0.810. The molecule has 0 saturated heterocycles. The largest absolute Gasteiger partial charge is 0.479 e. The van der Waals surface area contributed by atoms with E-state index in [2.05, 4.69) is 6.92 Å². The van der Waals surface area contributed by atoms with Crippen molar-refractivity contribution in [3.05, 3.63) is 0 Å². The molecular weight excluding hydrogens is 234 g/mol. The van der Waals surface area contributed by atoms with E-state index in [0.29, 0.717) is 0 Å². The van der Waals surface area contributed by atoms with Gasteiger partial charge in [-0.05, 0) is 38.5 Å². The number of ether oxygens (including phenoxy) is 1. The lowest BCUT2D eigenvalue weighted by atomic mass is 9.87. The summed E-state index contributed by atoms with van der Waals surface area (Å²) in [5.41, 5.74) is 0. The van der Waals surface area contributed by atoms with Gasteiger partial charge in [0.05, 0.1) is 0 Å². The summed E-state index contributed by atoms with van der Waals surface area (Å²) in [5.74, 6) is -0.437. The van der Waals surface area contributed by atoms with Crippen molar-refractivity contribution in [1.29, 1.82) is 0 Å². The lowest BCUT2D eigenvalue weighted by Crippen LogP contribution is -2.41. The summed E-state index contributed by atoms with van der Waals surface area (Å²) in [6, 6.07) is 0.275. The number of hydrogen-bond acceptors (Lipinski definition) is 3. The fourth-order valence-corrected chi connectivity index (χ4v) is 2.20. The number of aliphatic carboxylic acids is 1. The predicted octanol–water partition coefficient (Wildman–Crippen LogP) is 1.51. The smallest absolute Gasteiger partial charge is 0.332 e. The van der Waals surface area contributed by atoms with E-state index in [1.165, 1.54) is 6.92 Å². The highest BCUT2D eigenvalue weighted by molar-refractivity contribution is 5.78. The summed E-state index contributed by atoms with van der Waals surface area (Å²) in [7, 11) is 1.78. The Kier molecular flexibility index (Phi) is 5.59. The maximum absolute atomic E-state index is 11.9. The van der Waals surface area contributed by atoms with Crippen LogP contribution in [0.3, 0.4) is 0 Å². The third-order valence-electron chi connectivity index (χ3n) is 3.73. The summed E-state index contributed by atoms with van der Waals surface area (Å²) in [4.78, 5) is 24.1. The van der Waals surface area contributed by atoms with Crippen LogP contribution in [0.2, 0.25) is 0 Å². The van der Waals surface area contributed by atoms with Crippen LogP contribution in [0.25, 0.3) is 0 Å². The first-order valence-electron chi connectivity index (χ1n) is 6.52. The van der Waals surface area contributed by atoms with Crippen molar-refractivity contribution in [2.24, 2.45) is 5.92 Å². The van der Waals surface area contributed by atoms with Crippen LogP contribution in [0.1, 0.15) is 39.5 Å². The van der Waals surface area contributed by atoms with E-state index in [0.717, 1.165) is 31.6 Å². The molecule has 1 saturated carbocycles. The molecule has 0 unspecified atom stereocenters. The second-order valence-electron chi connectivity index (χ2n) is 5.21. The Morgan fingerprint density at radius 3 is 2.39 bits per heavy atom. The minimum atomic E-state index is -1.04. The Labute approximate surface area is 108 Å². The third kappa shape index (κ3) is 4.29. The summed E-state index contributed by atoms with van der Waals surface area (Å²) in [6.45, 7) is 3.50. The van der Waals surface area contributed by atoms with Gasteiger partial charge in [-0.25, -0.2) is 4.79 Å². The van der Waals surface area contributed by atoms with Gasteiger partial charge >= 0.3 is 5.97 Å². The van der Waals surface area contributed by atoms with Gasteiger partial charge in [-0.1, -0.05) is 6.92 Å². The first-order chi connectivity index (χ1) is 8.41. The van der Waals surface area contributed by atoms with E-state index in [1.807, 2.05) is 0 Å². The molecule has 0 heterocycles. The maximum Gasteiger partial charge on any atom is 0.332 e. The van der Waals surface area contributed by atoms with Crippen LogP contribution in [0.4, 0.5) is 0 Å². The molecule has 1 aliphatic rings. The first kappa shape index (κ1) is 15.0. The number of rotatable bonds is 5. The van der Waals surface area contributed by atoms with Gasteiger partial charge in [0.2, 0.25) is 5.91 Å². The number of carboxylic acids is 1. The van der Waals surface area contributed by atoms with Crippen molar-refractivity contribution in [1.82, 2.24) is 4.90 Å². The van der Waals surface area contributed by atoms with Gasteiger partial charge in [0.15, 0.2) is 6.10 Å². The van der Waals surface area contributed by atoms with Crippen LogP contribution in [-0.4, -0.2) is 47.7 Å². The van der Waals surface area contributed by atoms with Crippen LogP contribution in [-0.2, 0) is 14.3 Å². The van der Waals surface area contributed by atoms with Crippen molar-refractivity contribution in [3.63, 3.8) is 0 Å². The number of carboxylic acid groups (broad SMARTS) is 1. The lowest BCUT2D eigenvalue weighted by molar-refractivity contribution is -0.153. The molecule has 1 rings (SSSR count). The van der Waals surface area contributed by atoms with E-state index in [9.17, 15) is 9.59 Å². The highest BCUT2D eigenvalue weighted by Crippen LogP contribution is 2.26. The van der Waals surface area contributed by atoms with Gasteiger partial charge in [0.25, 0.3) is 0 Å². The fraction of sp³-hybridized carbons (Fsp3) is 0.846. The Balaban J connectivity index is 2.35. The highest BCUT2D eigenvalue weighted by atomic mass is 16.5. The zero-order valence-corrected chi connectivity index (χ0v) is 11.4. The summed E-state index contributed by atoms with van der Waals surface area (Å²) < 4.78 is 5.01. The number of hydrogen-bond donors (Lipinski definition) is 1. The minimum absolute atomic E-state index is 0.136. The molecule has 1 amide bonds. The van der Waals surface area contributed by atoms with Gasteiger partial charge < -0.3 is 14.7 Å². The Hall–Kier alpha value is -1.10. The zero-order valence-electron chi connectivity index (χ0n) is 11.4. The van der Waals surface area contributed by atoms with Gasteiger partial charge in [-0.15, -0.1) is 0 Å². The first-order valence-corrected chi connectivity index (χ1v) is 6.52. The SMILES string of the molecule is CC1CCC(N(C)C(=O)CO[C@@H](C)C(=O)O)CC1. The van der Waals surface area contributed by atoms with Gasteiger partial charge in [-0.2, -0.15) is 0 Å². The number of nitrogens with zero attached hydrogens (tertiary/aromatic N) is 1. The molecule has 5 nitrogen and oxygen atoms in total. The maximum atomic E-state index is 11.9. The highest BCUT2D eigenvalue weighted by Gasteiger charge is 2.25. The molecule has 1 fully saturated rings. The van der Waals surface area contributed by atoms with Crippen molar-refractivity contribution < 1.29 is 19.4 Å². The van der Waals surface area contributed by atoms with E-state index in [4.69, 9.17) is 9.84 Å². The molecule has 18 heavy (non-hydrogen) atoms. The Bertz CT molecular complexity index is 297. The Morgan fingerprint density at radius 2 is 1.89 bits per heavy atom. The fourth-order valence-electron chi connectivity index (χ4n) is 2.20. The molecule has 1 N–H and O–H groups in total. The average molecular weight is 257 g/mol. The van der Waals surface area contributed by atoms with E-state index in [1.54, 1.807) is 11.9 Å². The number of carbonyl (C=O) groups is 2. The lowest BCUT2D eigenvalue weighted by Gasteiger charge is -2.33. The Morgan fingerprint density at radius 1 is 1.33 bits per heavy atom. The van der Waals surface area contributed by atoms with Gasteiger partial charge in [0, 0.05) is 13.1 Å². The number of amides is 1. The van der Waals surface area contributed by atoms with Crippen LogP contribution in [0, 0.1) is 5.92 Å². The van der Waals surface area contributed by atoms with Crippen LogP contribution in [0.5, 0.6) is 0 Å². The molecule has 0 aliphatic heterocycles. The molecular formula is C13H23NO4. The molecule has 0 bridgehead atoms. The van der Waals surface area contributed by atoms with Crippen LogP contribution < -0.4 is 0 Å². The molecule has 104 valence electrons. The second kappa shape index (κ2) is 6.73. The molecule has 5 heteroatoms. The molecule has 0 aromatic carbocycles.